The van der Waals surface area contributed by atoms with Gasteiger partial charge in [-0.05, 0) is 51.0 Å². The van der Waals surface area contributed by atoms with Crippen molar-refractivity contribution >= 4 is 35.3 Å². The molecule has 2 aromatic carbocycles. The maximum Gasteiger partial charge on any atom is 0.408 e. The van der Waals surface area contributed by atoms with Crippen LogP contribution in [-0.4, -0.2) is 24.8 Å². The first kappa shape index (κ1) is 23.0. The van der Waals surface area contributed by atoms with Crippen LogP contribution in [0.5, 0.6) is 0 Å². The van der Waals surface area contributed by atoms with Gasteiger partial charge in [-0.1, -0.05) is 53.5 Å². The highest BCUT2D eigenvalue weighted by atomic mass is 35.5. The Morgan fingerprint density at radius 3 is 2.28 bits per heavy atom. The first-order valence-corrected chi connectivity index (χ1v) is 9.84. The van der Waals surface area contributed by atoms with Gasteiger partial charge in [0, 0.05) is 10.6 Å². The number of hydrogen-bond donors (Lipinski definition) is 1. The van der Waals surface area contributed by atoms with Gasteiger partial charge in [0.1, 0.15) is 5.60 Å². The number of alkyl carbamates (subject to hydrolysis) is 1. The summed E-state index contributed by atoms with van der Waals surface area (Å²) in [6.45, 7) is 6.99. The molecular weight excluding hydrogens is 413 g/mol. The Labute approximate surface area is 181 Å². The molecule has 0 aliphatic heterocycles. The van der Waals surface area contributed by atoms with Crippen LogP contribution in [0.15, 0.2) is 42.5 Å². The first-order chi connectivity index (χ1) is 13.4. The molecule has 2 rings (SSSR count). The van der Waals surface area contributed by atoms with Crippen molar-refractivity contribution in [1.82, 2.24) is 5.32 Å². The zero-order chi connectivity index (χ0) is 21.8. The van der Waals surface area contributed by atoms with Crippen molar-refractivity contribution in [3.8, 4) is 11.1 Å². The maximum atomic E-state index is 12.5. The Bertz CT molecular complexity index is 908. The number of rotatable bonds is 5. The second-order valence-electron chi connectivity index (χ2n) is 7.89. The summed E-state index contributed by atoms with van der Waals surface area (Å²) >= 11 is 12.9. The molecule has 0 heterocycles. The zero-order valence-electron chi connectivity index (χ0n) is 17.1. The Hall–Kier alpha value is -2.24. The molecule has 5 nitrogen and oxygen atoms in total. The monoisotopic (exact) mass is 437 g/mol. The SMILES string of the molecule is COC(=O)C[C@](C)(NC(=O)OC(C)(C)C)c1cccc(-c2cccc(Cl)c2)c1Cl. The van der Waals surface area contributed by atoms with Crippen LogP contribution in [0.3, 0.4) is 0 Å². The summed E-state index contributed by atoms with van der Waals surface area (Å²) in [5, 5.41) is 3.77. The van der Waals surface area contributed by atoms with E-state index in [9.17, 15) is 9.59 Å². The van der Waals surface area contributed by atoms with E-state index in [0.29, 0.717) is 15.6 Å². The predicted octanol–water partition coefficient (Wildman–Crippen LogP) is 5.96. The van der Waals surface area contributed by atoms with Gasteiger partial charge < -0.3 is 14.8 Å². The third-order valence-electron chi connectivity index (χ3n) is 4.23. The van der Waals surface area contributed by atoms with E-state index in [-0.39, 0.29) is 6.42 Å². The number of halogens is 2. The quantitative estimate of drug-likeness (QED) is 0.585. The number of hydrogen-bond acceptors (Lipinski definition) is 4. The van der Waals surface area contributed by atoms with Gasteiger partial charge in [-0.3, -0.25) is 4.79 Å². The Kier molecular flexibility index (Phi) is 7.20. The smallest absolute Gasteiger partial charge is 0.408 e. The molecule has 2 aromatic rings. The van der Waals surface area contributed by atoms with Crippen LogP contribution in [-0.2, 0) is 19.8 Å². The molecule has 0 aliphatic rings. The maximum absolute atomic E-state index is 12.5. The van der Waals surface area contributed by atoms with Crippen molar-refractivity contribution in [2.24, 2.45) is 0 Å². The molecule has 0 radical (unpaired) electrons. The fraction of sp³-hybridized carbons (Fsp3) is 0.364. The third kappa shape index (κ3) is 6.12. The lowest BCUT2D eigenvalue weighted by Crippen LogP contribution is -2.47. The summed E-state index contributed by atoms with van der Waals surface area (Å²) in [5.74, 6) is -0.493. The summed E-state index contributed by atoms with van der Waals surface area (Å²) in [7, 11) is 1.29. The Balaban J connectivity index is 2.52. The van der Waals surface area contributed by atoms with Gasteiger partial charge in [-0.25, -0.2) is 4.79 Å². The van der Waals surface area contributed by atoms with Gasteiger partial charge in [0.15, 0.2) is 0 Å². The van der Waals surface area contributed by atoms with Crippen molar-refractivity contribution in [1.29, 1.82) is 0 Å². The van der Waals surface area contributed by atoms with Crippen LogP contribution in [0.2, 0.25) is 10.0 Å². The number of carbonyl (C=O) groups excluding carboxylic acids is 2. The molecule has 0 unspecified atom stereocenters. The Morgan fingerprint density at radius 2 is 1.69 bits per heavy atom. The topological polar surface area (TPSA) is 64.6 Å². The predicted molar refractivity (Wildman–Crippen MR) is 115 cm³/mol. The second kappa shape index (κ2) is 9.06. The van der Waals surface area contributed by atoms with Crippen molar-refractivity contribution in [2.75, 3.05) is 7.11 Å². The lowest BCUT2D eigenvalue weighted by atomic mass is 9.86. The molecule has 29 heavy (non-hydrogen) atoms. The molecule has 0 aliphatic carbocycles. The van der Waals surface area contributed by atoms with E-state index in [1.165, 1.54) is 7.11 Å². The standard InChI is InChI=1S/C22H25Cl2NO4/c1-21(2,3)29-20(27)25-22(4,13-18(26)28-5)17-11-7-10-16(19(17)24)14-8-6-9-15(23)12-14/h6-12H,13H2,1-5H3,(H,25,27)/t22-/m0/s1. The van der Waals surface area contributed by atoms with Crippen LogP contribution in [0.25, 0.3) is 11.1 Å². The van der Waals surface area contributed by atoms with E-state index in [1.54, 1.807) is 45.9 Å². The third-order valence-corrected chi connectivity index (χ3v) is 4.87. The van der Waals surface area contributed by atoms with E-state index in [1.807, 2.05) is 24.3 Å². The summed E-state index contributed by atoms with van der Waals surface area (Å²) in [6, 6.07) is 12.7. The number of ether oxygens (including phenoxy) is 2. The summed E-state index contributed by atoms with van der Waals surface area (Å²) < 4.78 is 10.2. The summed E-state index contributed by atoms with van der Waals surface area (Å²) in [4.78, 5) is 24.6. The largest absolute Gasteiger partial charge is 0.469 e. The minimum atomic E-state index is -1.15. The fourth-order valence-corrected chi connectivity index (χ4v) is 3.57. The molecule has 156 valence electrons. The molecule has 0 saturated heterocycles. The van der Waals surface area contributed by atoms with Crippen molar-refractivity contribution in [3.63, 3.8) is 0 Å². The van der Waals surface area contributed by atoms with Gasteiger partial charge in [-0.2, -0.15) is 0 Å². The number of benzene rings is 2. The van der Waals surface area contributed by atoms with Crippen LogP contribution in [0.1, 0.15) is 39.7 Å². The van der Waals surface area contributed by atoms with Gasteiger partial charge in [-0.15, -0.1) is 0 Å². The van der Waals surface area contributed by atoms with Crippen LogP contribution < -0.4 is 5.32 Å². The number of amides is 1. The number of nitrogens with one attached hydrogen (secondary N) is 1. The summed E-state index contributed by atoms with van der Waals surface area (Å²) in [5.41, 5.74) is 0.271. The number of carbonyl (C=O) groups is 2. The molecule has 0 spiro atoms. The lowest BCUT2D eigenvalue weighted by Gasteiger charge is -2.33. The van der Waals surface area contributed by atoms with Crippen LogP contribution in [0, 0.1) is 0 Å². The van der Waals surface area contributed by atoms with E-state index in [4.69, 9.17) is 32.7 Å². The lowest BCUT2D eigenvalue weighted by molar-refractivity contribution is -0.142. The average molecular weight is 438 g/mol. The minimum absolute atomic E-state index is 0.124. The summed E-state index contributed by atoms with van der Waals surface area (Å²) in [6.07, 6.45) is -0.783. The van der Waals surface area contributed by atoms with E-state index >= 15 is 0 Å². The molecule has 1 atom stereocenters. The molecule has 0 fully saturated rings. The normalized spacial score (nSPS) is 13.3. The van der Waals surface area contributed by atoms with Crippen molar-refractivity contribution < 1.29 is 19.1 Å². The highest BCUT2D eigenvalue weighted by Crippen LogP contribution is 2.38. The van der Waals surface area contributed by atoms with E-state index in [0.717, 1.165) is 11.1 Å². The minimum Gasteiger partial charge on any atom is -0.469 e. The highest BCUT2D eigenvalue weighted by molar-refractivity contribution is 6.34. The average Bonchev–Trinajstić information content (AvgIpc) is 2.59. The van der Waals surface area contributed by atoms with E-state index in [2.05, 4.69) is 5.32 Å². The van der Waals surface area contributed by atoms with Gasteiger partial charge in [0.05, 0.1) is 24.1 Å². The molecule has 1 amide bonds. The number of esters is 1. The van der Waals surface area contributed by atoms with Crippen molar-refractivity contribution in [2.45, 2.75) is 45.3 Å². The fourth-order valence-electron chi connectivity index (χ4n) is 2.93. The molecule has 1 N–H and O–H groups in total. The Morgan fingerprint density at radius 1 is 1.03 bits per heavy atom. The molecule has 0 saturated carbocycles. The molecule has 0 bridgehead atoms. The molecule has 0 aromatic heterocycles. The van der Waals surface area contributed by atoms with Gasteiger partial charge in [0.25, 0.3) is 0 Å². The molecular formula is C22H25Cl2NO4. The number of methoxy groups -OCH3 is 1. The second-order valence-corrected chi connectivity index (χ2v) is 8.70. The van der Waals surface area contributed by atoms with Crippen LogP contribution in [0.4, 0.5) is 4.79 Å². The highest BCUT2D eigenvalue weighted by Gasteiger charge is 2.36. The molecule has 7 heteroatoms. The van der Waals surface area contributed by atoms with E-state index < -0.39 is 23.2 Å². The first-order valence-electron chi connectivity index (χ1n) is 9.08. The van der Waals surface area contributed by atoms with Crippen LogP contribution >= 0.6 is 23.2 Å². The van der Waals surface area contributed by atoms with Gasteiger partial charge in [0.2, 0.25) is 0 Å². The van der Waals surface area contributed by atoms with Gasteiger partial charge >= 0.3 is 12.1 Å². The zero-order valence-corrected chi connectivity index (χ0v) is 18.6. The van der Waals surface area contributed by atoms with Crippen molar-refractivity contribution in [3.05, 3.63) is 58.1 Å².